The Bertz CT molecular complexity index is 707. The minimum Gasteiger partial charge on any atom is -0.262 e. The Labute approximate surface area is 124 Å². The number of aromatic nitrogens is 2. The predicted octanol–water partition coefficient (Wildman–Crippen LogP) is 3.24. The first-order valence-corrected chi connectivity index (χ1v) is 7.45. The van der Waals surface area contributed by atoms with E-state index in [0.717, 1.165) is 0 Å². The summed E-state index contributed by atoms with van der Waals surface area (Å²) in [5.74, 6) is 0.0737. The quantitative estimate of drug-likeness (QED) is 0.872. The molecule has 0 saturated carbocycles. The van der Waals surface area contributed by atoms with E-state index < -0.39 is 10.0 Å². The lowest BCUT2D eigenvalue weighted by molar-refractivity contribution is 0.601. The summed E-state index contributed by atoms with van der Waals surface area (Å²) in [6.07, 6.45) is 4.04. The Morgan fingerprint density at radius 1 is 1.00 bits per heavy atom. The molecule has 2 aromatic rings. The van der Waals surface area contributed by atoms with Crippen molar-refractivity contribution in [1.82, 2.24) is 9.97 Å². The first-order chi connectivity index (χ1) is 8.90. The molecule has 0 bridgehead atoms. The number of sulfonamides is 1. The molecule has 1 aromatic carbocycles. The topological polar surface area (TPSA) is 72.0 Å². The van der Waals surface area contributed by atoms with Gasteiger partial charge in [-0.25, -0.2) is 13.4 Å². The summed E-state index contributed by atoms with van der Waals surface area (Å²) < 4.78 is 26.5. The summed E-state index contributed by atoms with van der Waals surface area (Å²) in [5, 5.41) is 0.224. The fourth-order valence-corrected chi connectivity index (χ4v) is 3.25. The van der Waals surface area contributed by atoms with E-state index in [-0.39, 0.29) is 25.8 Å². The molecule has 2 rings (SSSR count). The van der Waals surface area contributed by atoms with Crippen LogP contribution in [0.3, 0.4) is 0 Å². The van der Waals surface area contributed by atoms with E-state index in [9.17, 15) is 8.42 Å². The zero-order valence-electron chi connectivity index (χ0n) is 9.14. The Morgan fingerprint density at radius 3 is 2.32 bits per heavy atom. The van der Waals surface area contributed by atoms with Crippen LogP contribution >= 0.6 is 34.8 Å². The molecule has 1 N–H and O–H groups in total. The molecule has 19 heavy (non-hydrogen) atoms. The summed E-state index contributed by atoms with van der Waals surface area (Å²) in [4.78, 5) is 7.37. The summed E-state index contributed by atoms with van der Waals surface area (Å²) in [6, 6.07) is 2.43. The van der Waals surface area contributed by atoms with Gasteiger partial charge in [0.25, 0.3) is 10.0 Å². The van der Waals surface area contributed by atoms with E-state index in [1.807, 2.05) is 0 Å². The molecule has 0 aliphatic rings. The largest absolute Gasteiger partial charge is 0.264 e. The lowest BCUT2D eigenvalue weighted by Gasteiger charge is -2.09. The fraction of sp³-hybridized carbons (Fsp3) is 0. The van der Waals surface area contributed by atoms with Gasteiger partial charge in [0.05, 0.1) is 21.3 Å². The summed E-state index contributed by atoms with van der Waals surface area (Å²) in [6.45, 7) is 0. The Morgan fingerprint density at radius 2 is 1.68 bits per heavy atom. The maximum absolute atomic E-state index is 12.1. The highest BCUT2D eigenvalue weighted by Gasteiger charge is 2.20. The average Bonchev–Trinajstić information content (AvgIpc) is 2.34. The molecule has 0 radical (unpaired) electrons. The second-order valence-electron chi connectivity index (χ2n) is 3.39. The van der Waals surface area contributed by atoms with Gasteiger partial charge < -0.3 is 0 Å². The van der Waals surface area contributed by atoms with Crippen molar-refractivity contribution < 1.29 is 8.42 Å². The molecule has 0 spiro atoms. The zero-order valence-corrected chi connectivity index (χ0v) is 12.2. The van der Waals surface area contributed by atoms with Gasteiger partial charge in [0, 0.05) is 12.4 Å². The molecular weight excluding hydrogens is 333 g/mol. The van der Waals surface area contributed by atoms with Crippen molar-refractivity contribution in [3.63, 3.8) is 0 Å². The molecule has 5 nitrogen and oxygen atoms in total. The van der Waals surface area contributed by atoms with E-state index in [2.05, 4.69) is 14.7 Å². The smallest absolute Gasteiger partial charge is 0.262 e. The van der Waals surface area contributed by atoms with Crippen LogP contribution in [0.2, 0.25) is 15.1 Å². The second-order valence-corrected chi connectivity index (χ2v) is 6.27. The minimum atomic E-state index is -3.91. The number of nitrogens with one attached hydrogen (secondary N) is 1. The maximum Gasteiger partial charge on any atom is 0.264 e. The van der Waals surface area contributed by atoms with Crippen LogP contribution in [0.1, 0.15) is 0 Å². The predicted molar refractivity (Wildman–Crippen MR) is 74.3 cm³/mol. The van der Waals surface area contributed by atoms with E-state index in [0.29, 0.717) is 0 Å². The molecule has 9 heteroatoms. The van der Waals surface area contributed by atoms with E-state index in [1.54, 1.807) is 0 Å². The van der Waals surface area contributed by atoms with Gasteiger partial charge in [-0.1, -0.05) is 34.8 Å². The minimum absolute atomic E-state index is 0.0363. The molecule has 0 saturated heterocycles. The second kappa shape index (κ2) is 5.50. The molecule has 0 amide bonds. The number of rotatable bonds is 3. The van der Waals surface area contributed by atoms with Crippen LogP contribution in [0, 0.1) is 0 Å². The highest BCUT2D eigenvalue weighted by atomic mass is 35.5. The van der Waals surface area contributed by atoms with Crippen LogP contribution in [0.25, 0.3) is 0 Å². The lowest BCUT2D eigenvalue weighted by atomic mass is 10.4. The standard InChI is InChI=1S/C10H6Cl3N3O2S/c11-6-3-8(13)9(4-7(6)12)19(17,18)16-10-5-14-1-2-15-10/h1-5H,(H,15,16). The van der Waals surface area contributed by atoms with Gasteiger partial charge in [0.2, 0.25) is 0 Å². The number of nitrogens with zero attached hydrogens (tertiary/aromatic N) is 2. The van der Waals surface area contributed by atoms with E-state index >= 15 is 0 Å². The summed E-state index contributed by atoms with van der Waals surface area (Å²) in [5.41, 5.74) is 0. The van der Waals surface area contributed by atoms with Gasteiger partial charge >= 0.3 is 0 Å². The molecular formula is C10H6Cl3N3O2S. The monoisotopic (exact) mass is 337 g/mol. The lowest BCUT2D eigenvalue weighted by Crippen LogP contribution is -2.14. The molecule has 1 heterocycles. The van der Waals surface area contributed by atoms with E-state index in [4.69, 9.17) is 34.8 Å². The molecule has 0 aliphatic heterocycles. The van der Waals surface area contributed by atoms with Crippen molar-refractivity contribution in [2.45, 2.75) is 4.90 Å². The molecule has 0 fully saturated rings. The number of hydrogen-bond acceptors (Lipinski definition) is 4. The van der Waals surface area contributed by atoms with Gasteiger partial charge in [-0.05, 0) is 12.1 Å². The molecule has 0 atom stereocenters. The highest BCUT2D eigenvalue weighted by molar-refractivity contribution is 7.92. The van der Waals surface area contributed by atoms with Crippen LogP contribution in [0.4, 0.5) is 5.82 Å². The molecule has 1 aromatic heterocycles. The molecule has 0 aliphatic carbocycles. The number of halogens is 3. The third kappa shape index (κ3) is 3.27. The zero-order chi connectivity index (χ0) is 14.0. The van der Waals surface area contributed by atoms with Crippen LogP contribution < -0.4 is 4.72 Å². The van der Waals surface area contributed by atoms with Crippen LogP contribution in [-0.2, 0) is 10.0 Å². The fourth-order valence-electron chi connectivity index (χ4n) is 1.25. The van der Waals surface area contributed by atoms with Crippen molar-refractivity contribution >= 4 is 50.6 Å². The first kappa shape index (κ1) is 14.3. The third-order valence-corrected chi connectivity index (χ3v) is 4.61. The van der Waals surface area contributed by atoms with Crippen molar-refractivity contribution in [3.05, 3.63) is 45.8 Å². The Kier molecular flexibility index (Phi) is 4.15. The molecule has 100 valence electrons. The van der Waals surface area contributed by atoms with Gasteiger partial charge in [0.1, 0.15) is 4.90 Å². The Balaban J connectivity index is 2.43. The van der Waals surface area contributed by atoms with Crippen LogP contribution in [0.5, 0.6) is 0 Å². The van der Waals surface area contributed by atoms with Crippen LogP contribution in [-0.4, -0.2) is 18.4 Å². The first-order valence-electron chi connectivity index (χ1n) is 4.83. The third-order valence-electron chi connectivity index (χ3n) is 2.07. The Hall–Kier alpha value is -1.08. The van der Waals surface area contributed by atoms with Crippen molar-refractivity contribution in [2.24, 2.45) is 0 Å². The number of anilines is 1. The number of benzene rings is 1. The highest BCUT2D eigenvalue weighted by Crippen LogP contribution is 2.32. The normalized spacial score (nSPS) is 11.3. The summed E-state index contributed by atoms with van der Waals surface area (Å²) in [7, 11) is -3.91. The average molecular weight is 339 g/mol. The number of hydrogen-bond donors (Lipinski definition) is 1. The van der Waals surface area contributed by atoms with Crippen molar-refractivity contribution in [3.8, 4) is 0 Å². The van der Waals surface area contributed by atoms with Crippen LogP contribution in [0.15, 0.2) is 35.6 Å². The molecule has 0 unspecified atom stereocenters. The van der Waals surface area contributed by atoms with Crippen molar-refractivity contribution in [1.29, 1.82) is 0 Å². The van der Waals surface area contributed by atoms with Gasteiger partial charge in [0.15, 0.2) is 5.82 Å². The van der Waals surface area contributed by atoms with Gasteiger partial charge in [-0.15, -0.1) is 0 Å². The summed E-state index contributed by atoms with van der Waals surface area (Å²) >= 11 is 17.4. The van der Waals surface area contributed by atoms with E-state index in [1.165, 1.54) is 30.7 Å². The van der Waals surface area contributed by atoms with Crippen molar-refractivity contribution in [2.75, 3.05) is 4.72 Å². The maximum atomic E-state index is 12.1. The van der Waals surface area contributed by atoms with Gasteiger partial charge in [-0.2, -0.15) is 0 Å². The van der Waals surface area contributed by atoms with Gasteiger partial charge in [-0.3, -0.25) is 9.71 Å². The SMILES string of the molecule is O=S(=O)(Nc1cnccn1)c1cc(Cl)c(Cl)cc1Cl.